The maximum absolute atomic E-state index is 12.2. The number of hydrogen-bond acceptors (Lipinski definition) is 4. The second kappa shape index (κ2) is 8.34. The van der Waals surface area contributed by atoms with Gasteiger partial charge in [0.15, 0.2) is 0 Å². The van der Waals surface area contributed by atoms with Gasteiger partial charge >= 0.3 is 6.09 Å². The first-order valence-corrected chi connectivity index (χ1v) is 8.35. The van der Waals surface area contributed by atoms with Crippen LogP contribution in [-0.2, 0) is 24.8 Å². The Hall–Kier alpha value is -1.56. The Balaban J connectivity index is 2.48. The fourth-order valence-corrected chi connectivity index (χ4v) is 2.33. The van der Waals surface area contributed by atoms with E-state index in [-0.39, 0.29) is 12.1 Å². The van der Waals surface area contributed by atoms with Crippen LogP contribution in [0.1, 0.15) is 52.8 Å². The minimum Gasteiger partial charge on any atom is -0.444 e. The molecule has 0 aliphatic heterocycles. The van der Waals surface area contributed by atoms with E-state index in [1.54, 1.807) is 4.90 Å². The number of nitrogens with zero attached hydrogens (tertiary/aromatic N) is 3. The molecule has 0 unspecified atom stereocenters. The zero-order chi connectivity index (χ0) is 17.6. The lowest BCUT2D eigenvalue weighted by atomic mass is 10.2. The van der Waals surface area contributed by atoms with Crippen molar-refractivity contribution in [3.63, 3.8) is 0 Å². The second-order valence-electron chi connectivity index (χ2n) is 7.07. The number of hydrogen-bond donors (Lipinski definition) is 1. The van der Waals surface area contributed by atoms with E-state index >= 15 is 0 Å². The van der Waals surface area contributed by atoms with Crippen LogP contribution < -0.4 is 5.32 Å². The Morgan fingerprint density at radius 1 is 1.43 bits per heavy atom. The molecule has 1 aromatic rings. The van der Waals surface area contributed by atoms with Gasteiger partial charge in [-0.25, -0.2) is 4.79 Å². The number of ether oxygens (including phenoxy) is 1. The Kier molecular flexibility index (Phi) is 7.06. The first-order valence-electron chi connectivity index (χ1n) is 8.35. The first-order chi connectivity index (χ1) is 10.6. The molecule has 0 saturated heterocycles. The fraction of sp³-hybridized carbons (Fsp3) is 0.765. The third kappa shape index (κ3) is 6.60. The van der Waals surface area contributed by atoms with Gasteiger partial charge in [0.2, 0.25) is 0 Å². The number of aromatic nitrogens is 2. The maximum Gasteiger partial charge on any atom is 0.410 e. The van der Waals surface area contributed by atoms with Crippen molar-refractivity contribution in [1.82, 2.24) is 20.0 Å². The highest BCUT2D eigenvalue weighted by Gasteiger charge is 2.23. The monoisotopic (exact) mass is 324 g/mol. The van der Waals surface area contributed by atoms with Crippen LogP contribution in [0.2, 0.25) is 0 Å². The summed E-state index contributed by atoms with van der Waals surface area (Å²) in [4.78, 5) is 14.0. The summed E-state index contributed by atoms with van der Waals surface area (Å²) < 4.78 is 7.31. The molecule has 1 heterocycles. The maximum atomic E-state index is 12.2. The summed E-state index contributed by atoms with van der Waals surface area (Å²) >= 11 is 0. The van der Waals surface area contributed by atoms with E-state index < -0.39 is 5.60 Å². The van der Waals surface area contributed by atoms with E-state index in [9.17, 15) is 4.79 Å². The van der Waals surface area contributed by atoms with E-state index in [1.807, 2.05) is 52.5 Å². The summed E-state index contributed by atoms with van der Waals surface area (Å²) in [6.07, 6.45) is 2.71. The minimum absolute atomic E-state index is 0.108. The zero-order valence-electron chi connectivity index (χ0n) is 15.6. The molecule has 0 saturated carbocycles. The van der Waals surface area contributed by atoms with E-state index in [0.717, 1.165) is 25.2 Å². The van der Waals surface area contributed by atoms with Crippen molar-refractivity contribution in [1.29, 1.82) is 0 Å². The standard InChI is InChI=1S/C17H32N4O2/c1-8-15-14(12-20(7)19-15)11-18-9-10-21(13(2)3)16(22)23-17(4,5)6/h12-13,18H,8-11H2,1-7H3. The Labute approximate surface area is 140 Å². The average Bonchev–Trinajstić information content (AvgIpc) is 2.76. The highest BCUT2D eigenvalue weighted by Crippen LogP contribution is 2.12. The molecule has 0 aliphatic rings. The van der Waals surface area contributed by atoms with Gasteiger partial charge in [0.25, 0.3) is 0 Å². The number of carbonyl (C=O) groups excluding carboxylic acids is 1. The Morgan fingerprint density at radius 2 is 2.09 bits per heavy atom. The van der Waals surface area contributed by atoms with Gasteiger partial charge in [-0.2, -0.15) is 5.10 Å². The van der Waals surface area contributed by atoms with Crippen molar-refractivity contribution in [2.24, 2.45) is 7.05 Å². The van der Waals surface area contributed by atoms with Crippen molar-refractivity contribution in [3.05, 3.63) is 17.5 Å². The molecule has 1 amide bonds. The van der Waals surface area contributed by atoms with Gasteiger partial charge in [-0.3, -0.25) is 4.68 Å². The number of carbonyl (C=O) groups is 1. The fourth-order valence-electron chi connectivity index (χ4n) is 2.33. The molecule has 0 fully saturated rings. The molecule has 0 bridgehead atoms. The Bertz CT molecular complexity index is 503. The molecule has 1 rings (SSSR count). The summed E-state index contributed by atoms with van der Waals surface area (Å²) in [5.41, 5.74) is 1.86. The predicted molar refractivity (Wildman–Crippen MR) is 92.4 cm³/mol. The molecule has 0 radical (unpaired) electrons. The van der Waals surface area contributed by atoms with Crippen molar-refractivity contribution in [2.75, 3.05) is 13.1 Å². The van der Waals surface area contributed by atoms with Crippen LogP contribution in [0, 0.1) is 0 Å². The van der Waals surface area contributed by atoms with Gasteiger partial charge in [-0.15, -0.1) is 0 Å². The SMILES string of the molecule is CCc1nn(C)cc1CNCCN(C(=O)OC(C)(C)C)C(C)C. The molecule has 0 atom stereocenters. The van der Waals surface area contributed by atoms with Crippen LogP contribution >= 0.6 is 0 Å². The number of amides is 1. The average molecular weight is 324 g/mol. The first kappa shape index (κ1) is 19.5. The van der Waals surface area contributed by atoms with Gasteiger partial charge in [0, 0.05) is 44.5 Å². The van der Waals surface area contributed by atoms with Crippen molar-refractivity contribution in [3.8, 4) is 0 Å². The molecular formula is C17H32N4O2. The van der Waals surface area contributed by atoms with Crippen LogP contribution in [0.25, 0.3) is 0 Å². The number of nitrogens with one attached hydrogen (secondary N) is 1. The van der Waals surface area contributed by atoms with Crippen molar-refractivity contribution >= 4 is 6.09 Å². The molecule has 1 aromatic heterocycles. The van der Waals surface area contributed by atoms with Gasteiger partial charge in [-0.05, 0) is 41.0 Å². The van der Waals surface area contributed by atoms with Gasteiger partial charge < -0.3 is 15.0 Å². The minimum atomic E-state index is -0.469. The normalized spacial score (nSPS) is 11.8. The van der Waals surface area contributed by atoms with Crippen LogP contribution in [-0.4, -0.2) is 45.5 Å². The lowest BCUT2D eigenvalue weighted by Gasteiger charge is -2.30. The molecule has 0 aromatic carbocycles. The van der Waals surface area contributed by atoms with Crippen LogP contribution in [0.15, 0.2) is 6.20 Å². The van der Waals surface area contributed by atoms with Gasteiger partial charge in [0.05, 0.1) is 5.69 Å². The lowest BCUT2D eigenvalue weighted by Crippen LogP contribution is -2.44. The molecular weight excluding hydrogens is 292 g/mol. The van der Waals surface area contributed by atoms with Crippen molar-refractivity contribution < 1.29 is 9.53 Å². The summed E-state index contributed by atoms with van der Waals surface area (Å²) in [5.74, 6) is 0. The quantitative estimate of drug-likeness (QED) is 0.784. The summed E-state index contributed by atoms with van der Waals surface area (Å²) in [7, 11) is 1.94. The Morgan fingerprint density at radius 3 is 2.61 bits per heavy atom. The van der Waals surface area contributed by atoms with Gasteiger partial charge in [0.1, 0.15) is 5.60 Å². The van der Waals surface area contributed by atoms with Crippen molar-refractivity contribution in [2.45, 2.75) is 66.2 Å². The smallest absolute Gasteiger partial charge is 0.410 e. The third-order valence-corrected chi connectivity index (χ3v) is 3.42. The molecule has 132 valence electrons. The number of rotatable bonds is 7. The zero-order valence-corrected chi connectivity index (χ0v) is 15.6. The van der Waals surface area contributed by atoms with E-state index in [0.29, 0.717) is 6.54 Å². The van der Waals surface area contributed by atoms with E-state index in [1.165, 1.54) is 5.56 Å². The molecule has 0 aliphatic carbocycles. The molecule has 0 spiro atoms. The summed E-state index contributed by atoms with van der Waals surface area (Å²) in [6, 6.07) is 0.108. The second-order valence-corrected chi connectivity index (χ2v) is 7.07. The van der Waals surface area contributed by atoms with Crippen LogP contribution in [0.4, 0.5) is 4.79 Å². The highest BCUT2D eigenvalue weighted by molar-refractivity contribution is 5.68. The number of aryl methyl sites for hydroxylation is 2. The summed E-state index contributed by atoms with van der Waals surface area (Å²) in [5, 5.41) is 7.82. The van der Waals surface area contributed by atoms with Gasteiger partial charge in [-0.1, -0.05) is 6.92 Å². The van der Waals surface area contributed by atoms with E-state index in [2.05, 4.69) is 17.3 Å². The van der Waals surface area contributed by atoms with Crippen LogP contribution in [0.5, 0.6) is 0 Å². The third-order valence-electron chi connectivity index (χ3n) is 3.42. The van der Waals surface area contributed by atoms with E-state index in [4.69, 9.17) is 4.74 Å². The molecule has 6 heteroatoms. The molecule has 1 N–H and O–H groups in total. The molecule has 23 heavy (non-hydrogen) atoms. The largest absolute Gasteiger partial charge is 0.444 e. The summed E-state index contributed by atoms with van der Waals surface area (Å²) in [6.45, 7) is 13.9. The predicted octanol–water partition coefficient (Wildman–Crippen LogP) is 2.72. The van der Waals surface area contributed by atoms with Crippen LogP contribution in [0.3, 0.4) is 0 Å². The highest BCUT2D eigenvalue weighted by atomic mass is 16.6. The lowest BCUT2D eigenvalue weighted by molar-refractivity contribution is 0.0193. The molecule has 6 nitrogen and oxygen atoms in total. The topological polar surface area (TPSA) is 59.4 Å².